The summed E-state index contributed by atoms with van der Waals surface area (Å²) in [5.41, 5.74) is 8.03. The number of hydrogen-bond acceptors (Lipinski definition) is 5. The molecule has 1 aliphatic heterocycles. The van der Waals surface area contributed by atoms with E-state index in [2.05, 4.69) is 189 Å². The van der Waals surface area contributed by atoms with E-state index in [0.29, 0.717) is 11.8 Å². The van der Waals surface area contributed by atoms with Crippen molar-refractivity contribution in [3.05, 3.63) is 162 Å². The fraction of sp³-hybridized carbons (Fsp3) is 0.500. The highest BCUT2D eigenvalue weighted by Crippen LogP contribution is 2.10. The SMILES string of the molecule is C.C.CC(C)CC1=NCC=C1.CC(C)Cc1ccccc1.CC(C)Cc1ccccn1.CC(C)Cc1cccnc1.CC(C)Cc1ncco1.Cc1ccc(CC(C)C)cc1. The Morgan fingerprint density at radius 2 is 1.02 bits per heavy atom. The van der Waals surface area contributed by atoms with Crippen LogP contribution in [-0.2, 0) is 32.1 Å². The summed E-state index contributed by atoms with van der Waals surface area (Å²) in [4.78, 5) is 16.5. The van der Waals surface area contributed by atoms with Crippen molar-refractivity contribution in [2.75, 3.05) is 6.54 Å². The van der Waals surface area contributed by atoms with Gasteiger partial charge in [0.05, 0.1) is 12.7 Å². The van der Waals surface area contributed by atoms with E-state index in [-0.39, 0.29) is 14.9 Å². The molecule has 5 heteroatoms. The summed E-state index contributed by atoms with van der Waals surface area (Å²) in [6.07, 6.45) is 19.8. The monoisotopic (exact) mass is 833 g/mol. The van der Waals surface area contributed by atoms with Crippen LogP contribution in [0.5, 0.6) is 0 Å². The van der Waals surface area contributed by atoms with Crippen LogP contribution in [0.15, 0.2) is 138 Å². The van der Waals surface area contributed by atoms with Crippen LogP contribution in [0.4, 0.5) is 0 Å². The average molecular weight is 833 g/mol. The number of oxazole rings is 1. The smallest absolute Gasteiger partial charge is 0.194 e. The van der Waals surface area contributed by atoms with Crippen LogP contribution < -0.4 is 0 Å². The summed E-state index contributed by atoms with van der Waals surface area (Å²) in [6.45, 7) is 29.6. The van der Waals surface area contributed by atoms with Gasteiger partial charge in [-0.15, -0.1) is 0 Å². The summed E-state index contributed by atoms with van der Waals surface area (Å²) >= 11 is 0. The van der Waals surface area contributed by atoms with E-state index >= 15 is 0 Å². The highest BCUT2D eigenvalue weighted by molar-refractivity contribution is 5.96. The molecule has 1 aliphatic rings. The van der Waals surface area contributed by atoms with Crippen LogP contribution in [0.2, 0.25) is 0 Å². The molecule has 0 fully saturated rings. The number of nitrogens with zero attached hydrogens (tertiary/aromatic N) is 4. The lowest BCUT2D eigenvalue weighted by atomic mass is 10.0. The molecule has 6 rings (SSSR count). The summed E-state index contributed by atoms with van der Waals surface area (Å²) < 4.78 is 5.03. The summed E-state index contributed by atoms with van der Waals surface area (Å²) in [5.74, 6) is 5.17. The third-order valence-corrected chi connectivity index (χ3v) is 8.36. The number of aryl methyl sites for hydroxylation is 1. The minimum absolute atomic E-state index is 0. The molecule has 4 heterocycles. The molecule has 5 nitrogen and oxygen atoms in total. The van der Waals surface area contributed by atoms with Gasteiger partial charge in [0, 0.05) is 36.4 Å². The second-order valence-electron chi connectivity index (χ2n) is 17.9. The zero-order valence-corrected chi connectivity index (χ0v) is 39.2. The lowest BCUT2D eigenvalue weighted by molar-refractivity contribution is 0.458. The van der Waals surface area contributed by atoms with Gasteiger partial charge in [-0.3, -0.25) is 15.0 Å². The largest absolute Gasteiger partial charge is 0.449 e. The maximum Gasteiger partial charge on any atom is 0.194 e. The highest BCUT2D eigenvalue weighted by Gasteiger charge is 2.02. The van der Waals surface area contributed by atoms with Crippen molar-refractivity contribution in [2.45, 2.75) is 143 Å². The Morgan fingerprint density at radius 1 is 0.492 bits per heavy atom. The van der Waals surface area contributed by atoms with E-state index in [0.717, 1.165) is 61.8 Å². The normalized spacial score (nSPS) is 11.0. The standard InChI is InChI=1S/C11H16.C10H14.2C9H13N.C8H13N.C7H11NO.2CH4/c1-9(2)8-11-6-4-10(3)5-7-11;1-9(2)8-10-6-4-3-5-7-10;1-8(2)6-9-4-3-5-10-7-9;1-8(2)7-9-5-3-4-6-10-9;1-7(2)6-8-4-3-5-9-8;1-6(2)5-7-8-3-4-9-7;;/h4-7,9H,8H2,1-3H3;3-7,9H,8H2,1-2H3;3-5,7-8H,6H2,1-2H3;3-6,8H,7H2,1-2H3;3-4,7H,5-6H2,1-2H3;3-4,6H,5H2,1-2H3;2*1H4. The number of pyridine rings is 2. The molecule has 338 valence electrons. The second kappa shape index (κ2) is 36.1. The number of allylic oxidation sites excluding steroid dienone is 1. The summed E-state index contributed by atoms with van der Waals surface area (Å²) in [6, 6.07) is 29.6. The van der Waals surface area contributed by atoms with Gasteiger partial charge >= 0.3 is 0 Å². The lowest BCUT2D eigenvalue weighted by Crippen LogP contribution is -1.96. The molecular weight excluding hydrogens is 745 g/mol. The molecule has 0 radical (unpaired) electrons. The fourth-order valence-electron chi connectivity index (χ4n) is 5.87. The Balaban J connectivity index is 0. The number of rotatable bonds is 12. The van der Waals surface area contributed by atoms with Gasteiger partial charge in [-0.1, -0.05) is 176 Å². The molecule has 0 saturated heterocycles. The van der Waals surface area contributed by atoms with Gasteiger partial charge in [-0.05, 0) is 116 Å². The molecule has 0 N–H and O–H groups in total. The third kappa shape index (κ3) is 34.7. The Hall–Kier alpha value is -4.64. The first-order valence-electron chi connectivity index (χ1n) is 22.1. The van der Waals surface area contributed by atoms with Gasteiger partial charge < -0.3 is 4.42 Å². The van der Waals surface area contributed by atoms with E-state index in [1.165, 1.54) is 46.5 Å². The van der Waals surface area contributed by atoms with E-state index in [4.69, 9.17) is 4.42 Å². The van der Waals surface area contributed by atoms with Crippen LogP contribution in [0.1, 0.15) is 138 Å². The van der Waals surface area contributed by atoms with Crippen LogP contribution in [0.25, 0.3) is 0 Å². The van der Waals surface area contributed by atoms with Crippen LogP contribution in [-0.4, -0.2) is 27.2 Å². The lowest BCUT2D eigenvalue weighted by Gasteiger charge is -2.04. The van der Waals surface area contributed by atoms with Gasteiger partial charge in [-0.25, -0.2) is 4.98 Å². The Kier molecular flexibility index (Phi) is 34.5. The molecule has 2 aromatic carbocycles. The summed E-state index contributed by atoms with van der Waals surface area (Å²) in [5, 5.41) is 0. The van der Waals surface area contributed by atoms with Crippen LogP contribution >= 0.6 is 0 Å². The molecule has 0 unspecified atom stereocenters. The average Bonchev–Trinajstić information content (AvgIpc) is 3.89. The number of aromatic nitrogens is 3. The molecule has 0 aliphatic carbocycles. The van der Waals surface area contributed by atoms with Gasteiger partial charge in [0.15, 0.2) is 5.89 Å². The Morgan fingerprint density at radius 3 is 1.46 bits per heavy atom. The fourth-order valence-corrected chi connectivity index (χ4v) is 5.87. The van der Waals surface area contributed by atoms with Crippen molar-refractivity contribution in [2.24, 2.45) is 40.5 Å². The van der Waals surface area contributed by atoms with Crippen molar-refractivity contribution in [1.29, 1.82) is 0 Å². The molecule has 3 aromatic heterocycles. The third-order valence-electron chi connectivity index (χ3n) is 8.36. The van der Waals surface area contributed by atoms with Crippen molar-refractivity contribution in [3.63, 3.8) is 0 Å². The molecule has 61 heavy (non-hydrogen) atoms. The Labute approximate surface area is 376 Å². The van der Waals surface area contributed by atoms with Gasteiger partial charge in [0.1, 0.15) is 6.26 Å². The second-order valence-corrected chi connectivity index (χ2v) is 17.9. The van der Waals surface area contributed by atoms with Crippen molar-refractivity contribution >= 4 is 5.71 Å². The highest BCUT2D eigenvalue weighted by atomic mass is 16.3. The molecule has 0 saturated carbocycles. The van der Waals surface area contributed by atoms with Gasteiger partial charge in [0.25, 0.3) is 0 Å². The van der Waals surface area contributed by atoms with E-state index in [1.807, 2.05) is 36.8 Å². The first-order chi connectivity index (χ1) is 28.1. The minimum atomic E-state index is 0. The van der Waals surface area contributed by atoms with Gasteiger partial charge in [0.2, 0.25) is 0 Å². The Bertz CT molecular complexity index is 1620. The van der Waals surface area contributed by atoms with Crippen LogP contribution in [0, 0.1) is 42.4 Å². The summed E-state index contributed by atoms with van der Waals surface area (Å²) in [7, 11) is 0. The first kappa shape index (κ1) is 58.5. The molecule has 0 atom stereocenters. The minimum Gasteiger partial charge on any atom is -0.449 e. The predicted molar refractivity (Wildman–Crippen MR) is 270 cm³/mol. The zero-order chi connectivity index (χ0) is 43.8. The topological polar surface area (TPSA) is 64.2 Å². The van der Waals surface area contributed by atoms with Crippen LogP contribution in [0.3, 0.4) is 0 Å². The van der Waals surface area contributed by atoms with E-state index in [9.17, 15) is 0 Å². The number of benzene rings is 2. The maximum atomic E-state index is 5.03. The quantitative estimate of drug-likeness (QED) is 0.126. The first-order valence-corrected chi connectivity index (χ1v) is 22.1. The zero-order valence-electron chi connectivity index (χ0n) is 39.2. The molecule has 5 aromatic rings. The van der Waals surface area contributed by atoms with Crippen molar-refractivity contribution in [1.82, 2.24) is 15.0 Å². The van der Waals surface area contributed by atoms with Crippen molar-refractivity contribution < 1.29 is 4.42 Å². The predicted octanol–water partition coefficient (Wildman–Crippen LogP) is 15.8. The molecule has 0 spiro atoms. The van der Waals surface area contributed by atoms with E-state index < -0.39 is 0 Å². The van der Waals surface area contributed by atoms with Crippen molar-refractivity contribution in [3.8, 4) is 0 Å². The number of hydrogen-bond donors (Lipinski definition) is 0. The molecule has 0 amide bonds. The van der Waals surface area contributed by atoms with Gasteiger partial charge in [-0.2, -0.15) is 0 Å². The molecular formula is C56H88N4O. The van der Waals surface area contributed by atoms with E-state index in [1.54, 1.807) is 12.5 Å². The molecule has 0 bridgehead atoms. The number of aliphatic imine (C=N–C) groups is 1. The maximum absolute atomic E-state index is 5.03.